The highest BCUT2D eigenvalue weighted by Gasteiger charge is 2.01. The van der Waals surface area contributed by atoms with Crippen molar-refractivity contribution >= 4 is 0 Å². The molecule has 152 valence electrons. The van der Waals surface area contributed by atoms with E-state index in [2.05, 4.69) is 26.1 Å². The van der Waals surface area contributed by atoms with E-state index in [0.717, 1.165) is 5.92 Å². The SMILES string of the molecule is CCCCCCCCCCCCNCC(C)CCCCCCCCC. The zero-order chi connectivity index (χ0) is 18.4. The standard InChI is InChI=1S/C24H51N/c1-4-6-8-10-12-13-14-16-18-20-22-25-23-24(3)21-19-17-15-11-9-7-5-2/h24-25H,4-23H2,1-3H3. The summed E-state index contributed by atoms with van der Waals surface area (Å²) in [6, 6.07) is 0. The molecule has 0 aromatic heterocycles. The number of nitrogens with one attached hydrogen (secondary N) is 1. The van der Waals surface area contributed by atoms with Gasteiger partial charge in [0.25, 0.3) is 0 Å². The average molecular weight is 354 g/mol. The average Bonchev–Trinajstić information content (AvgIpc) is 2.62. The fraction of sp³-hybridized carbons (Fsp3) is 1.00. The van der Waals surface area contributed by atoms with Crippen LogP contribution in [0.2, 0.25) is 0 Å². The Kier molecular flexibility index (Phi) is 22.0. The molecule has 1 heteroatoms. The van der Waals surface area contributed by atoms with E-state index in [-0.39, 0.29) is 0 Å². The molecule has 1 unspecified atom stereocenters. The molecule has 0 aliphatic rings. The Bertz CT molecular complexity index is 226. The van der Waals surface area contributed by atoms with Gasteiger partial charge >= 0.3 is 0 Å². The molecule has 0 spiro atoms. The molecule has 1 atom stereocenters. The van der Waals surface area contributed by atoms with E-state index in [1.807, 2.05) is 0 Å². The molecular formula is C24H51N. The van der Waals surface area contributed by atoms with Crippen molar-refractivity contribution in [2.45, 2.75) is 136 Å². The second-order valence-electron chi connectivity index (χ2n) is 8.40. The molecule has 0 heterocycles. The molecule has 0 bridgehead atoms. The maximum atomic E-state index is 3.68. The molecule has 0 aliphatic carbocycles. The first-order valence-electron chi connectivity index (χ1n) is 12.0. The molecule has 0 saturated carbocycles. The highest BCUT2D eigenvalue weighted by atomic mass is 14.8. The number of unbranched alkanes of at least 4 members (excludes halogenated alkanes) is 15. The quantitative estimate of drug-likeness (QED) is 0.205. The van der Waals surface area contributed by atoms with Gasteiger partial charge in [-0.3, -0.25) is 0 Å². The van der Waals surface area contributed by atoms with E-state index in [0.29, 0.717) is 0 Å². The summed E-state index contributed by atoms with van der Waals surface area (Å²) >= 11 is 0. The number of hydrogen-bond donors (Lipinski definition) is 1. The van der Waals surface area contributed by atoms with Gasteiger partial charge in [0.05, 0.1) is 0 Å². The van der Waals surface area contributed by atoms with E-state index >= 15 is 0 Å². The minimum absolute atomic E-state index is 0.860. The first kappa shape index (κ1) is 25.0. The summed E-state index contributed by atoms with van der Waals surface area (Å²) in [5.41, 5.74) is 0. The van der Waals surface area contributed by atoms with Gasteiger partial charge in [-0.2, -0.15) is 0 Å². The molecule has 0 aliphatic heterocycles. The molecule has 0 aromatic carbocycles. The molecule has 0 fully saturated rings. The fourth-order valence-corrected chi connectivity index (χ4v) is 3.64. The van der Waals surface area contributed by atoms with Gasteiger partial charge in [0.1, 0.15) is 0 Å². The Morgan fingerprint density at radius 3 is 1.40 bits per heavy atom. The highest BCUT2D eigenvalue weighted by Crippen LogP contribution is 2.12. The van der Waals surface area contributed by atoms with Crippen LogP contribution in [0.25, 0.3) is 0 Å². The van der Waals surface area contributed by atoms with Crippen LogP contribution in [0.5, 0.6) is 0 Å². The molecule has 0 amide bonds. The van der Waals surface area contributed by atoms with Gasteiger partial charge in [0.2, 0.25) is 0 Å². The monoisotopic (exact) mass is 353 g/mol. The van der Waals surface area contributed by atoms with Crippen molar-refractivity contribution in [1.29, 1.82) is 0 Å². The fourth-order valence-electron chi connectivity index (χ4n) is 3.64. The van der Waals surface area contributed by atoms with Crippen molar-refractivity contribution in [3.8, 4) is 0 Å². The van der Waals surface area contributed by atoms with Gasteiger partial charge < -0.3 is 5.32 Å². The Morgan fingerprint density at radius 2 is 0.920 bits per heavy atom. The maximum Gasteiger partial charge on any atom is -0.00232 e. The Hall–Kier alpha value is -0.0400. The number of hydrogen-bond acceptors (Lipinski definition) is 1. The summed E-state index contributed by atoms with van der Waals surface area (Å²) in [6.45, 7) is 9.47. The van der Waals surface area contributed by atoms with Crippen molar-refractivity contribution in [2.75, 3.05) is 13.1 Å². The van der Waals surface area contributed by atoms with Crippen LogP contribution in [-0.2, 0) is 0 Å². The van der Waals surface area contributed by atoms with Crippen LogP contribution in [0.15, 0.2) is 0 Å². The summed E-state index contributed by atoms with van der Waals surface area (Å²) in [6.07, 6.45) is 25.8. The van der Waals surface area contributed by atoms with Crippen molar-refractivity contribution < 1.29 is 0 Å². The van der Waals surface area contributed by atoms with E-state index in [9.17, 15) is 0 Å². The minimum Gasteiger partial charge on any atom is -0.316 e. The van der Waals surface area contributed by atoms with E-state index < -0.39 is 0 Å². The molecule has 1 N–H and O–H groups in total. The third-order valence-corrected chi connectivity index (χ3v) is 5.50. The Balaban J connectivity index is 3.11. The minimum atomic E-state index is 0.860. The van der Waals surface area contributed by atoms with Crippen LogP contribution in [0.1, 0.15) is 136 Å². The largest absolute Gasteiger partial charge is 0.316 e. The van der Waals surface area contributed by atoms with Gasteiger partial charge in [-0.15, -0.1) is 0 Å². The predicted octanol–water partition coefficient (Wildman–Crippen LogP) is 8.27. The summed E-state index contributed by atoms with van der Waals surface area (Å²) in [4.78, 5) is 0. The lowest BCUT2D eigenvalue weighted by atomic mass is 10.0. The van der Waals surface area contributed by atoms with Gasteiger partial charge in [0.15, 0.2) is 0 Å². The lowest BCUT2D eigenvalue weighted by Gasteiger charge is -2.12. The lowest BCUT2D eigenvalue weighted by Crippen LogP contribution is -2.22. The zero-order valence-electron chi connectivity index (χ0n) is 18.2. The smallest absolute Gasteiger partial charge is 0.00232 e. The lowest BCUT2D eigenvalue weighted by molar-refractivity contribution is 0.444. The van der Waals surface area contributed by atoms with Crippen molar-refractivity contribution in [3.63, 3.8) is 0 Å². The Morgan fingerprint density at radius 1 is 0.520 bits per heavy atom. The second kappa shape index (κ2) is 22.0. The van der Waals surface area contributed by atoms with Crippen molar-refractivity contribution in [2.24, 2.45) is 5.92 Å². The molecule has 0 radical (unpaired) electrons. The third kappa shape index (κ3) is 21.9. The van der Waals surface area contributed by atoms with Gasteiger partial charge in [-0.25, -0.2) is 0 Å². The molecular weight excluding hydrogens is 302 g/mol. The van der Waals surface area contributed by atoms with Crippen LogP contribution in [0.3, 0.4) is 0 Å². The van der Waals surface area contributed by atoms with Crippen molar-refractivity contribution in [1.82, 2.24) is 5.32 Å². The second-order valence-corrected chi connectivity index (χ2v) is 8.40. The van der Waals surface area contributed by atoms with Crippen molar-refractivity contribution in [3.05, 3.63) is 0 Å². The van der Waals surface area contributed by atoms with Crippen LogP contribution in [0, 0.1) is 5.92 Å². The zero-order valence-corrected chi connectivity index (χ0v) is 18.2. The van der Waals surface area contributed by atoms with E-state index in [1.165, 1.54) is 129 Å². The Labute approximate surface area is 161 Å². The molecule has 1 nitrogen and oxygen atoms in total. The molecule has 25 heavy (non-hydrogen) atoms. The summed E-state index contributed by atoms with van der Waals surface area (Å²) < 4.78 is 0. The molecule has 0 saturated heterocycles. The first-order chi connectivity index (χ1) is 12.3. The summed E-state index contributed by atoms with van der Waals surface area (Å²) in [5, 5.41) is 3.68. The highest BCUT2D eigenvalue weighted by molar-refractivity contribution is 4.58. The van der Waals surface area contributed by atoms with E-state index in [4.69, 9.17) is 0 Å². The summed E-state index contributed by atoms with van der Waals surface area (Å²) in [7, 11) is 0. The molecule has 0 aromatic rings. The van der Waals surface area contributed by atoms with Gasteiger partial charge in [-0.1, -0.05) is 124 Å². The van der Waals surface area contributed by atoms with Crippen LogP contribution >= 0.6 is 0 Å². The number of rotatable bonds is 21. The van der Waals surface area contributed by atoms with Crippen LogP contribution < -0.4 is 5.32 Å². The third-order valence-electron chi connectivity index (χ3n) is 5.50. The molecule has 0 rings (SSSR count). The van der Waals surface area contributed by atoms with Gasteiger partial charge in [-0.05, 0) is 31.8 Å². The van der Waals surface area contributed by atoms with Gasteiger partial charge in [0, 0.05) is 0 Å². The van der Waals surface area contributed by atoms with E-state index in [1.54, 1.807) is 0 Å². The first-order valence-corrected chi connectivity index (χ1v) is 12.0. The van der Waals surface area contributed by atoms with Crippen LogP contribution in [-0.4, -0.2) is 13.1 Å². The van der Waals surface area contributed by atoms with Crippen LogP contribution in [0.4, 0.5) is 0 Å². The topological polar surface area (TPSA) is 12.0 Å². The summed E-state index contributed by atoms with van der Waals surface area (Å²) in [5.74, 6) is 0.860. The predicted molar refractivity (Wildman–Crippen MR) is 116 cm³/mol. The maximum absolute atomic E-state index is 3.68. The normalized spacial score (nSPS) is 12.6.